The largest absolute Gasteiger partial charge is 0.312 e. The lowest BCUT2D eigenvalue weighted by molar-refractivity contribution is -0.124. The Bertz CT molecular complexity index is 591. The number of nitrogens with zero attached hydrogens (tertiary/aromatic N) is 1. The smallest absolute Gasteiger partial charge is 0.155 e. The fraction of sp³-hybridized carbons (Fsp3) is 0.611. The average Bonchev–Trinajstić information content (AvgIpc) is 2.98. The van der Waals surface area contributed by atoms with Crippen LogP contribution < -0.4 is 5.32 Å². The molecule has 2 heterocycles. The standard InChI is InChI=1S/C18H23Cl2FN2O.ClH/c19-14-5-4-12(9-15(14)20)10-17(24)18(16-3-1-2-7-22-16)23-8-6-13(21)11-23;/h4-5,9,13,16,18,22H,1-3,6-8,10-11H2;1H. The molecule has 0 radical (unpaired) electrons. The molecule has 2 aliphatic heterocycles. The second-order valence-electron chi connectivity index (χ2n) is 6.77. The van der Waals surface area contributed by atoms with Crippen molar-refractivity contribution >= 4 is 41.4 Å². The first kappa shape index (κ1) is 20.9. The van der Waals surface area contributed by atoms with Crippen LogP contribution in [0.4, 0.5) is 4.39 Å². The van der Waals surface area contributed by atoms with Crippen molar-refractivity contribution in [3.05, 3.63) is 33.8 Å². The molecule has 7 heteroatoms. The van der Waals surface area contributed by atoms with Crippen LogP contribution in [0.25, 0.3) is 0 Å². The van der Waals surface area contributed by atoms with Crippen molar-refractivity contribution in [1.29, 1.82) is 0 Å². The van der Waals surface area contributed by atoms with Crippen LogP contribution >= 0.6 is 35.6 Å². The molecule has 140 valence electrons. The van der Waals surface area contributed by atoms with Gasteiger partial charge in [-0.05, 0) is 43.5 Å². The molecule has 0 aromatic heterocycles. The Hall–Kier alpha value is -0.390. The van der Waals surface area contributed by atoms with Crippen molar-refractivity contribution in [1.82, 2.24) is 10.2 Å². The summed E-state index contributed by atoms with van der Waals surface area (Å²) in [6.07, 6.45) is 3.20. The lowest BCUT2D eigenvalue weighted by Gasteiger charge is -2.36. The van der Waals surface area contributed by atoms with Crippen LogP contribution in [0.5, 0.6) is 0 Å². The molecule has 1 aromatic rings. The van der Waals surface area contributed by atoms with Crippen molar-refractivity contribution in [2.24, 2.45) is 0 Å². The van der Waals surface area contributed by atoms with E-state index in [1.54, 1.807) is 12.1 Å². The fourth-order valence-electron chi connectivity index (χ4n) is 3.78. The summed E-state index contributed by atoms with van der Waals surface area (Å²) in [6, 6.07) is 5.14. The Morgan fingerprint density at radius 1 is 1.28 bits per heavy atom. The van der Waals surface area contributed by atoms with Crippen LogP contribution in [-0.2, 0) is 11.2 Å². The highest BCUT2D eigenvalue weighted by Gasteiger charge is 2.37. The molecule has 0 aliphatic carbocycles. The highest BCUT2D eigenvalue weighted by molar-refractivity contribution is 6.42. The first-order chi connectivity index (χ1) is 11.5. The van der Waals surface area contributed by atoms with Crippen LogP contribution in [0.15, 0.2) is 18.2 Å². The van der Waals surface area contributed by atoms with E-state index in [1.165, 1.54) is 0 Å². The van der Waals surface area contributed by atoms with Crippen LogP contribution in [0.1, 0.15) is 31.2 Å². The second-order valence-corrected chi connectivity index (χ2v) is 7.59. The number of Topliss-reactive ketones (excluding diaryl/α,β-unsaturated/α-hetero) is 1. The van der Waals surface area contributed by atoms with Crippen LogP contribution in [0, 0.1) is 0 Å². The second kappa shape index (κ2) is 9.52. The van der Waals surface area contributed by atoms with Gasteiger partial charge in [-0.25, -0.2) is 4.39 Å². The molecule has 2 aliphatic rings. The van der Waals surface area contributed by atoms with E-state index in [9.17, 15) is 9.18 Å². The zero-order valence-corrected chi connectivity index (χ0v) is 16.3. The number of nitrogens with one attached hydrogen (secondary N) is 1. The molecule has 3 atom stereocenters. The van der Waals surface area contributed by atoms with Crippen molar-refractivity contribution in [3.63, 3.8) is 0 Å². The van der Waals surface area contributed by atoms with E-state index in [2.05, 4.69) is 5.32 Å². The Morgan fingerprint density at radius 2 is 2.08 bits per heavy atom. The lowest BCUT2D eigenvalue weighted by atomic mass is 9.91. The summed E-state index contributed by atoms with van der Waals surface area (Å²) >= 11 is 12.0. The summed E-state index contributed by atoms with van der Waals surface area (Å²) in [5.74, 6) is 0.127. The molecule has 1 N–H and O–H groups in total. The van der Waals surface area contributed by atoms with Gasteiger partial charge in [-0.1, -0.05) is 35.7 Å². The molecular formula is C18H24Cl3FN2O. The van der Waals surface area contributed by atoms with E-state index < -0.39 is 6.17 Å². The number of carbonyl (C=O) groups is 1. The maximum atomic E-state index is 13.7. The number of rotatable bonds is 5. The highest BCUT2D eigenvalue weighted by atomic mass is 35.5. The van der Waals surface area contributed by atoms with Gasteiger partial charge >= 0.3 is 0 Å². The van der Waals surface area contributed by atoms with Gasteiger partial charge in [0.2, 0.25) is 0 Å². The summed E-state index contributed by atoms with van der Waals surface area (Å²) in [7, 11) is 0. The minimum absolute atomic E-state index is 0. The number of carbonyl (C=O) groups excluding carboxylic acids is 1. The number of halogens is 4. The summed E-state index contributed by atoms with van der Waals surface area (Å²) in [5.41, 5.74) is 0.853. The first-order valence-corrected chi connectivity index (χ1v) is 9.38. The SMILES string of the molecule is Cl.O=C(Cc1ccc(Cl)c(Cl)c1)C(C1CCCCN1)N1CCC(F)C1. The number of piperidine rings is 1. The van der Waals surface area contributed by atoms with Crippen LogP contribution in [0.2, 0.25) is 10.0 Å². The topological polar surface area (TPSA) is 32.3 Å². The first-order valence-electron chi connectivity index (χ1n) is 8.63. The predicted molar refractivity (Wildman–Crippen MR) is 103 cm³/mol. The summed E-state index contributed by atoms with van der Waals surface area (Å²) in [5, 5.41) is 4.41. The average molecular weight is 410 g/mol. The van der Waals surface area contributed by atoms with Gasteiger partial charge in [0.1, 0.15) is 6.17 Å². The number of benzene rings is 1. The van der Waals surface area contributed by atoms with E-state index in [-0.39, 0.29) is 30.3 Å². The van der Waals surface area contributed by atoms with Crippen molar-refractivity contribution in [2.75, 3.05) is 19.6 Å². The van der Waals surface area contributed by atoms with E-state index in [1.807, 2.05) is 11.0 Å². The third-order valence-corrected chi connectivity index (χ3v) is 5.72. The van der Waals surface area contributed by atoms with Crippen molar-refractivity contribution in [3.8, 4) is 0 Å². The molecule has 3 rings (SSSR count). The summed E-state index contributed by atoms with van der Waals surface area (Å²) in [6.45, 7) is 1.93. The normalized spacial score (nSPS) is 25.4. The van der Waals surface area contributed by atoms with Gasteiger partial charge < -0.3 is 5.32 Å². The zero-order valence-electron chi connectivity index (χ0n) is 14.0. The Labute approximate surface area is 164 Å². The molecule has 2 saturated heterocycles. The predicted octanol–water partition coefficient (Wildman–Crippen LogP) is 4.08. The van der Waals surface area contributed by atoms with Crippen molar-refractivity contribution in [2.45, 2.75) is 50.4 Å². The molecule has 25 heavy (non-hydrogen) atoms. The maximum absolute atomic E-state index is 13.7. The van der Waals surface area contributed by atoms with E-state index in [4.69, 9.17) is 23.2 Å². The third-order valence-electron chi connectivity index (χ3n) is 4.98. The Balaban J connectivity index is 0.00000225. The molecule has 0 saturated carbocycles. The number of hydrogen-bond donors (Lipinski definition) is 1. The Kier molecular flexibility index (Phi) is 7.96. The number of likely N-dealkylation sites (tertiary alicyclic amines) is 1. The number of ketones is 1. The molecule has 2 fully saturated rings. The minimum Gasteiger partial charge on any atom is -0.312 e. The van der Waals surface area contributed by atoms with Crippen molar-refractivity contribution < 1.29 is 9.18 Å². The maximum Gasteiger partial charge on any atom is 0.155 e. The van der Waals surface area contributed by atoms with Gasteiger partial charge in [0.05, 0.1) is 16.1 Å². The van der Waals surface area contributed by atoms with Gasteiger partial charge in [0.15, 0.2) is 5.78 Å². The van der Waals surface area contributed by atoms with Crippen LogP contribution in [-0.4, -0.2) is 48.6 Å². The van der Waals surface area contributed by atoms with Gasteiger partial charge in [-0.3, -0.25) is 9.69 Å². The van der Waals surface area contributed by atoms with E-state index in [0.29, 0.717) is 36.0 Å². The molecule has 3 unspecified atom stereocenters. The fourth-order valence-corrected chi connectivity index (χ4v) is 4.10. The molecular weight excluding hydrogens is 386 g/mol. The zero-order chi connectivity index (χ0) is 17.1. The third kappa shape index (κ3) is 5.30. The monoisotopic (exact) mass is 408 g/mol. The highest BCUT2D eigenvalue weighted by Crippen LogP contribution is 2.26. The van der Waals surface area contributed by atoms with Gasteiger partial charge in [0, 0.05) is 25.6 Å². The summed E-state index contributed by atoms with van der Waals surface area (Å²) in [4.78, 5) is 15.0. The van der Waals surface area contributed by atoms with Gasteiger partial charge in [0.25, 0.3) is 0 Å². The van der Waals surface area contributed by atoms with Gasteiger partial charge in [-0.2, -0.15) is 0 Å². The number of hydrogen-bond acceptors (Lipinski definition) is 3. The lowest BCUT2D eigenvalue weighted by Crippen LogP contribution is -2.55. The molecule has 0 bridgehead atoms. The molecule has 0 amide bonds. The molecule has 1 aromatic carbocycles. The quantitative estimate of drug-likeness (QED) is 0.795. The van der Waals surface area contributed by atoms with Gasteiger partial charge in [-0.15, -0.1) is 12.4 Å². The summed E-state index contributed by atoms with van der Waals surface area (Å²) < 4.78 is 13.7. The molecule has 0 spiro atoms. The van der Waals surface area contributed by atoms with E-state index in [0.717, 1.165) is 31.4 Å². The number of alkyl halides is 1. The minimum atomic E-state index is -0.825. The van der Waals surface area contributed by atoms with E-state index >= 15 is 0 Å². The molecule has 3 nitrogen and oxygen atoms in total. The Morgan fingerprint density at radius 3 is 2.68 bits per heavy atom. The van der Waals surface area contributed by atoms with Crippen LogP contribution in [0.3, 0.4) is 0 Å².